The molecular weight excluding hydrogens is 277 g/mol. The minimum atomic E-state index is -4.51. The number of amidine groups is 2. The zero-order valence-electron chi connectivity index (χ0n) is 10.4. The van der Waals surface area contributed by atoms with Gasteiger partial charge in [0.1, 0.15) is 0 Å². The van der Waals surface area contributed by atoms with Gasteiger partial charge < -0.3 is 21.5 Å². The molecule has 9 heteroatoms. The average molecular weight is 290 g/mol. The van der Waals surface area contributed by atoms with Gasteiger partial charge in [0.25, 0.3) is 0 Å². The Kier molecular flexibility index (Phi) is 4.78. The maximum Gasteiger partial charge on any atom is 0.427 e. The molecule has 0 aliphatic rings. The number of alkyl halides is 3. The summed E-state index contributed by atoms with van der Waals surface area (Å²) in [5, 5.41) is 14.5. The van der Waals surface area contributed by atoms with E-state index in [-0.39, 0.29) is 11.7 Å². The Morgan fingerprint density at radius 3 is 2.00 bits per heavy atom. The zero-order chi connectivity index (χ0) is 15.3. The van der Waals surface area contributed by atoms with Crippen LogP contribution in [-0.2, 0) is 4.84 Å². The van der Waals surface area contributed by atoms with Crippen molar-refractivity contribution < 1.29 is 23.2 Å². The maximum atomic E-state index is 12.2. The minimum absolute atomic E-state index is 0.103. The van der Waals surface area contributed by atoms with Gasteiger partial charge in [-0.1, -0.05) is 34.6 Å². The molecule has 1 aromatic rings. The normalized spacial score (nSPS) is 15.0. The molecule has 1 aromatic carbocycles. The molecule has 0 aromatic heterocycles. The minimum Gasteiger partial charge on any atom is -0.409 e. The second-order valence-electron chi connectivity index (χ2n) is 3.83. The van der Waals surface area contributed by atoms with Gasteiger partial charge in [0, 0.05) is 11.1 Å². The summed E-state index contributed by atoms with van der Waals surface area (Å²) in [7, 11) is 0. The first-order chi connectivity index (χ1) is 9.25. The first kappa shape index (κ1) is 15.6. The molecule has 0 bridgehead atoms. The summed E-state index contributed by atoms with van der Waals surface area (Å²) in [6.07, 6.45) is -6.57. The van der Waals surface area contributed by atoms with Crippen LogP contribution in [0.3, 0.4) is 0 Å². The van der Waals surface area contributed by atoms with Crippen molar-refractivity contribution in [3.63, 3.8) is 0 Å². The summed E-state index contributed by atoms with van der Waals surface area (Å²) in [5.74, 6) is -0.318. The fourth-order valence-corrected chi connectivity index (χ4v) is 1.12. The van der Waals surface area contributed by atoms with E-state index in [9.17, 15) is 13.2 Å². The van der Waals surface area contributed by atoms with Crippen molar-refractivity contribution in [2.24, 2.45) is 21.8 Å². The third-order valence-electron chi connectivity index (χ3n) is 2.35. The van der Waals surface area contributed by atoms with E-state index in [1.165, 1.54) is 24.3 Å². The summed E-state index contributed by atoms with van der Waals surface area (Å²) < 4.78 is 36.6. The van der Waals surface area contributed by atoms with Crippen LogP contribution in [0.2, 0.25) is 0 Å². The topological polar surface area (TPSA) is 106 Å². The third kappa shape index (κ3) is 4.04. The van der Waals surface area contributed by atoms with Crippen LogP contribution >= 0.6 is 0 Å². The standard InChI is InChI=1S/C11H13F3N4O2/c1-6(11(12,13)14)20-18-10(16)8-4-2-7(3-5-8)9(15)17-19/h2-6,19H,1H3,(H2,15,17)(H2,16,18). The van der Waals surface area contributed by atoms with Crippen molar-refractivity contribution in [1.82, 2.24) is 0 Å². The van der Waals surface area contributed by atoms with Crippen LogP contribution in [0.1, 0.15) is 18.1 Å². The highest BCUT2D eigenvalue weighted by Gasteiger charge is 2.38. The summed E-state index contributed by atoms with van der Waals surface area (Å²) in [5.41, 5.74) is 11.6. The van der Waals surface area contributed by atoms with E-state index in [1.54, 1.807) is 0 Å². The first-order valence-electron chi connectivity index (χ1n) is 5.40. The number of benzene rings is 1. The van der Waals surface area contributed by atoms with Gasteiger partial charge in [-0.15, -0.1) is 0 Å². The molecule has 0 aliphatic carbocycles. The quantitative estimate of drug-likeness (QED) is 0.337. The van der Waals surface area contributed by atoms with Gasteiger partial charge in [-0.05, 0) is 6.92 Å². The Morgan fingerprint density at radius 2 is 1.60 bits per heavy atom. The molecule has 0 radical (unpaired) electrons. The Balaban J connectivity index is 2.80. The molecule has 0 heterocycles. The van der Waals surface area contributed by atoms with Crippen LogP contribution in [0.25, 0.3) is 0 Å². The van der Waals surface area contributed by atoms with Crippen LogP contribution < -0.4 is 11.5 Å². The molecule has 5 N–H and O–H groups in total. The SMILES string of the molecule is CC(O/N=C(\N)c1ccc(/C(N)=N/O)cc1)C(F)(F)F. The Hall–Kier alpha value is -2.45. The van der Waals surface area contributed by atoms with Gasteiger partial charge >= 0.3 is 6.18 Å². The lowest BCUT2D eigenvalue weighted by Crippen LogP contribution is -2.28. The summed E-state index contributed by atoms with van der Waals surface area (Å²) >= 11 is 0. The number of nitrogens with zero attached hydrogens (tertiary/aromatic N) is 2. The largest absolute Gasteiger partial charge is 0.427 e. The predicted octanol–water partition coefficient (Wildman–Crippen LogP) is 1.37. The molecule has 1 atom stereocenters. The molecule has 1 unspecified atom stereocenters. The second kappa shape index (κ2) is 6.13. The lowest BCUT2D eigenvalue weighted by molar-refractivity contribution is -0.214. The van der Waals surface area contributed by atoms with Crippen molar-refractivity contribution in [3.8, 4) is 0 Å². The first-order valence-corrected chi connectivity index (χ1v) is 5.40. The Labute approximate surface area is 112 Å². The number of rotatable bonds is 4. The van der Waals surface area contributed by atoms with Crippen LogP contribution in [0.4, 0.5) is 13.2 Å². The van der Waals surface area contributed by atoms with Gasteiger partial charge in [0.15, 0.2) is 11.7 Å². The summed E-state index contributed by atoms with van der Waals surface area (Å²) in [6.45, 7) is 0.818. The maximum absolute atomic E-state index is 12.2. The van der Waals surface area contributed by atoms with Crippen molar-refractivity contribution in [1.29, 1.82) is 0 Å². The van der Waals surface area contributed by atoms with E-state index < -0.39 is 12.3 Å². The van der Waals surface area contributed by atoms with E-state index in [1.807, 2.05) is 0 Å². The molecular formula is C11H13F3N4O2. The average Bonchev–Trinajstić information content (AvgIpc) is 2.42. The Morgan fingerprint density at radius 1 is 1.15 bits per heavy atom. The molecule has 110 valence electrons. The highest BCUT2D eigenvalue weighted by atomic mass is 19.4. The highest BCUT2D eigenvalue weighted by Crippen LogP contribution is 2.22. The van der Waals surface area contributed by atoms with E-state index in [4.69, 9.17) is 16.7 Å². The molecule has 1 rings (SSSR count). The summed E-state index contributed by atoms with van der Waals surface area (Å²) in [4.78, 5) is 4.27. The van der Waals surface area contributed by atoms with E-state index >= 15 is 0 Å². The van der Waals surface area contributed by atoms with Crippen LogP contribution in [0.5, 0.6) is 0 Å². The van der Waals surface area contributed by atoms with Gasteiger partial charge in [-0.3, -0.25) is 0 Å². The second-order valence-corrected chi connectivity index (χ2v) is 3.83. The van der Waals surface area contributed by atoms with Crippen LogP contribution in [0, 0.1) is 0 Å². The number of nitrogens with two attached hydrogens (primary N) is 2. The molecule has 0 fully saturated rings. The summed E-state index contributed by atoms with van der Waals surface area (Å²) in [6, 6.07) is 5.85. The lowest BCUT2D eigenvalue weighted by atomic mass is 10.1. The van der Waals surface area contributed by atoms with Crippen LogP contribution in [0.15, 0.2) is 34.6 Å². The lowest BCUT2D eigenvalue weighted by Gasteiger charge is -2.13. The smallest absolute Gasteiger partial charge is 0.409 e. The van der Waals surface area contributed by atoms with Crippen molar-refractivity contribution >= 4 is 11.7 Å². The molecule has 6 nitrogen and oxygen atoms in total. The molecule has 20 heavy (non-hydrogen) atoms. The van der Waals surface area contributed by atoms with Crippen LogP contribution in [-0.4, -0.2) is 29.2 Å². The highest BCUT2D eigenvalue weighted by molar-refractivity contribution is 6.00. The molecule has 0 saturated heterocycles. The third-order valence-corrected chi connectivity index (χ3v) is 2.35. The fourth-order valence-electron chi connectivity index (χ4n) is 1.12. The van der Waals surface area contributed by atoms with E-state index in [0.717, 1.165) is 6.92 Å². The van der Waals surface area contributed by atoms with E-state index in [2.05, 4.69) is 15.1 Å². The monoisotopic (exact) mass is 290 g/mol. The van der Waals surface area contributed by atoms with Gasteiger partial charge in [0.2, 0.25) is 6.10 Å². The number of halogens is 3. The number of hydrogen-bond donors (Lipinski definition) is 3. The van der Waals surface area contributed by atoms with Gasteiger partial charge in [-0.2, -0.15) is 13.2 Å². The molecule has 0 spiro atoms. The molecule has 0 saturated carbocycles. The fraction of sp³-hybridized carbons (Fsp3) is 0.273. The van der Waals surface area contributed by atoms with Crippen molar-refractivity contribution in [2.75, 3.05) is 0 Å². The molecule has 0 aliphatic heterocycles. The predicted molar refractivity (Wildman–Crippen MR) is 66.3 cm³/mol. The van der Waals surface area contributed by atoms with Crippen molar-refractivity contribution in [2.45, 2.75) is 19.2 Å². The number of hydrogen-bond acceptors (Lipinski definition) is 4. The zero-order valence-corrected chi connectivity index (χ0v) is 10.4. The van der Waals surface area contributed by atoms with Gasteiger partial charge in [0.05, 0.1) is 0 Å². The van der Waals surface area contributed by atoms with Gasteiger partial charge in [-0.25, -0.2) is 0 Å². The van der Waals surface area contributed by atoms with E-state index in [0.29, 0.717) is 11.1 Å². The number of oxime groups is 2. The molecule has 0 amide bonds. The Bertz CT molecular complexity index is 511. The van der Waals surface area contributed by atoms with Crippen molar-refractivity contribution in [3.05, 3.63) is 35.4 Å².